The fourth-order valence-electron chi connectivity index (χ4n) is 2.21. The molecule has 126 valence electrons. The van der Waals surface area contributed by atoms with Gasteiger partial charge in [-0.3, -0.25) is 4.79 Å². The van der Waals surface area contributed by atoms with Crippen LogP contribution in [0, 0.1) is 6.92 Å². The highest BCUT2D eigenvalue weighted by molar-refractivity contribution is 6.34. The molecular weight excluding hydrogens is 342 g/mol. The van der Waals surface area contributed by atoms with Gasteiger partial charge in [0, 0.05) is 5.69 Å². The van der Waals surface area contributed by atoms with Crippen LogP contribution in [-0.4, -0.2) is 11.9 Å². The number of rotatable bonds is 4. The summed E-state index contributed by atoms with van der Waals surface area (Å²) in [5.74, 6) is 0.0402. The Kier molecular flexibility index (Phi) is 4.86. The molecule has 0 radical (unpaired) electrons. The molecule has 0 unspecified atom stereocenters. The van der Waals surface area contributed by atoms with E-state index < -0.39 is 5.97 Å². The van der Waals surface area contributed by atoms with Gasteiger partial charge in [-0.05, 0) is 49.4 Å². The monoisotopic (exact) mass is 355 g/mol. The van der Waals surface area contributed by atoms with E-state index in [0.29, 0.717) is 33.3 Å². The number of aryl methyl sites for hydroxylation is 1. The molecule has 3 rings (SSSR count). The summed E-state index contributed by atoms with van der Waals surface area (Å²) >= 11 is 6.00. The quantitative estimate of drug-likeness (QED) is 0.543. The van der Waals surface area contributed by atoms with Crippen molar-refractivity contribution < 1.29 is 18.7 Å². The Bertz CT molecular complexity index is 915. The first-order valence-corrected chi connectivity index (χ1v) is 7.84. The molecule has 1 heterocycles. The number of benzene rings is 2. The normalized spacial score (nSPS) is 10.3. The van der Waals surface area contributed by atoms with Crippen molar-refractivity contribution in [2.45, 2.75) is 6.92 Å². The highest BCUT2D eigenvalue weighted by atomic mass is 35.5. The summed E-state index contributed by atoms with van der Waals surface area (Å²) < 4.78 is 10.3. The van der Waals surface area contributed by atoms with Crippen LogP contribution in [0.2, 0.25) is 5.02 Å². The van der Waals surface area contributed by atoms with Gasteiger partial charge in [0.05, 0.1) is 16.8 Å². The lowest BCUT2D eigenvalue weighted by Gasteiger charge is -2.08. The maximum absolute atomic E-state index is 12.2. The number of hydrogen-bond donors (Lipinski definition) is 1. The van der Waals surface area contributed by atoms with Crippen LogP contribution in [0.1, 0.15) is 26.5 Å². The highest BCUT2D eigenvalue weighted by Gasteiger charge is 2.14. The zero-order valence-corrected chi connectivity index (χ0v) is 14.0. The molecular formula is C19H14ClNO4. The molecule has 0 spiro atoms. The minimum absolute atomic E-state index is 0.315. The summed E-state index contributed by atoms with van der Waals surface area (Å²) in [6, 6.07) is 14.8. The van der Waals surface area contributed by atoms with Crippen molar-refractivity contribution in [1.82, 2.24) is 0 Å². The number of carbonyl (C=O) groups excluding carboxylic acids is 2. The van der Waals surface area contributed by atoms with Crippen LogP contribution in [-0.2, 0) is 0 Å². The SMILES string of the molecule is Cc1occc1C(=O)Oc1ccc(NC(=O)c2ccccc2Cl)cc1. The number of furan rings is 1. The van der Waals surface area contributed by atoms with E-state index in [2.05, 4.69) is 5.32 Å². The summed E-state index contributed by atoms with van der Waals surface area (Å²) in [5.41, 5.74) is 1.32. The maximum Gasteiger partial charge on any atom is 0.347 e. The lowest BCUT2D eigenvalue weighted by Crippen LogP contribution is -2.12. The Morgan fingerprint density at radius 3 is 2.36 bits per heavy atom. The van der Waals surface area contributed by atoms with E-state index in [-0.39, 0.29) is 5.91 Å². The van der Waals surface area contributed by atoms with Gasteiger partial charge >= 0.3 is 5.97 Å². The Labute approximate surface area is 149 Å². The van der Waals surface area contributed by atoms with Gasteiger partial charge in [-0.2, -0.15) is 0 Å². The van der Waals surface area contributed by atoms with Crippen LogP contribution in [0.5, 0.6) is 5.75 Å². The molecule has 2 aromatic carbocycles. The number of carbonyl (C=O) groups is 2. The van der Waals surface area contributed by atoms with Crippen LogP contribution >= 0.6 is 11.6 Å². The molecule has 25 heavy (non-hydrogen) atoms. The molecule has 0 aliphatic heterocycles. The molecule has 0 atom stereocenters. The zero-order valence-electron chi connectivity index (χ0n) is 13.3. The molecule has 0 aliphatic rings. The summed E-state index contributed by atoms with van der Waals surface area (Å²) in [4.78, 5) is 24.2. The average Bonchev–Trinajstić information content (AvgIpc) is 3.03. The van der Waals surface area contributed by atoms with Gasteiger partial charge in [0.2, 0.25) is 0 Å². The second kappa shape index (κ2) is 7.23. The number of halogens is 1. The summed E-state index contributed by atoms with van der Waals surface area (Å²) in [5, 5.41) is 3.11. The highest BCUT2D eigenvalue weighted by Crippen LogP contribution is 2.20. The van der Waals surface area contributed by atoms with Crippen molar-refractivity contribution in [3.63, 3.8) is 0 Å². The second-order valence-corrected chi connectivity index (χ2v) is 5.65. The Morgan fingerprint density at radius 1 is 1.00 bits per heavy atom. The van der Waals surface area contributed by atoms with Crippen LogP contribution in [0.25, 0.3) is 0 Å². The van der Waals surface area contributed by atoms with E-state index >= 15 is 0 Å². The number of amides is 1. The number of anilines is 1. The lowest BCUT2D eigenvalue weighted by atomic mass is 10.2. The van der Waals surface area contributed by atoms with Crippen LogP contribution in [0.4, 0.5) is 5.69 Å². The predicted octanol–water partition coefficient (Wildman–Crippen LogP) is 4.71. The third-order valence-corrected chi connectivity index (χ3v) is 3.85. The summed E-state index contributed by atoms with van der Waals surface area (Å²) in [6.45, 7) is 1.68. The third kappa shape index (κ3) is 3.89. The Balaban J connectivity index is 1.66. The van der Waals surface area contributed by atoms with E-state index in [0.717, 1.165) is 0 Å². The molecule has 0 saturated heterocycles. The van der Waals surface area contributed by atoms with E-state index in [4.69, 9.17) is 20.8 Å². The van der Waals surface area contributed by atoms with Gasteiger partial charge in [-0.15, -0.1) is 0 Å². The largest absolute Gasteiger partial charge is 0.469 e. The Morgan fingerprint density at radius 2 is 1.72 bits per heavy atom. The van der Waals surface area contributed by atoms with Gasteiger partial charge < -0.3 is 14.5 Å². The molecule has 5 nitrogen and oxygen atoms in total. The maximum atomic E-state index is 12.2. The molecule has 0 saturated carbocycles. The van der Waals surface area contributed by atoms with E-state index in [1.807, 2.05) is 0 Å². The van der Waals surface area contributed by atoms with Crippen molar-refractivity contribution in [1.29, 1.82) is 0 Å². The molecule has 1 N–H and O–H groups in total. The lowest BCUT2D eigenvalue weighted by molar-refractivity contribution is 0.0732. The van der Waals surface area contributed by atoms with Gasteiger partial charge in [0.15, 0.2) is 0 Å². The molecule has 0 aliphatic carbocycles. The number of esters is 1. The minimum Gasteiger partial charge on any atom is -0.469 e. The van der Waals surface area contributed by atoms with Crippen molar-refractivity contribution >= 4 is 29.2 Å². The number of nitrogens with one attached hydrogen (secondary N) is 1. The van der Waals surface area contributed by atoms with Crippen molar-refractivity contribution in [3.05, 3.63) is 82.8 Å². The average molecular weight is 356 g/mol. The number of hydrogen-bond acceptors (Lipinski definition) is 4. The summed E-state index contributed by atoms with van der Waals surface area (Å²) in [7, 11) is 0. The van der Waals surface area contributed by atoms with Crippen LogP contribution in [0.3, 0.4) is 0 Å². The molecule has 3 aromatic rings. The second-order valence-electron chi connectivity index (χ2n) is 5.24. The van der Waals surface area contributed by atoms with Gasteiger partial charge in [0.1, 0.15) is 17.1 Å². The van der Waals surface area contributed by atoms with Crippen molar-refractivity contribution in [3.8, 4) is 5.75 Å². The van der Waals surface area contributed by atoms with E-state index in [1.54, 1.807) is 61.5 Å². The van der Waals surface area contributed by atoms with Crippen molar-refractivity contribution in [2.24, 2.45) is 0 Å². The van der Waals surface area contributed by atoms with Crippen LogP contribution in [0.15, 0.2) is 65.3 Å². The molecule has 0 fully saturated rings. The smallest absolute Gasteiger partial charge is 0.347 e. The Hall–Kier alpha value is -3.05. The van der Waals surface area contributed by atoms with Gasteiger partial charge in [0.25, 0.3) is 5.91 Å². The summed E-state index contributed by atoms with van der Waals surface area (Å²) in [6.07, 6.45) is 1.43. The molecule has 6 heteroatoms. The zero-order chi connectivity index (χ0) is 17.8. The first kappa shape index (κ1) is 16.8. The molecule has 1 aromatic heterocycles. The fraction of sp³-hybridized carbons (Fsp3) is 0.0526. The van der Waals surface area contributed by atoms with E-state index in [9.17, 15) is 9.59 Å². The topological polar surface area (TPSA) is 68.5 Å². The van der Waals surface area contributed by atoms with E-state index in [1.165, 1.54) is 6.26 Å². The van der Waals surface area contributed by atoms with Crippen molar-refractivity contribution in [2.75, 3.05) is 5.32 Å². The number of ether oxygens (including phenoxy) is 1. The fourth-order valence-corrected chi connectivity index (χ4v) is 2.43. The predicted molar refractivity (Wildman–Crippen MR) is 94.3 cm³/mol. The first-order chi connectivity index (χ1) is 12.0. The van der Waals surface area contributed by atoms with Crippen LogP contribution < -0.4 is 10.1 Å². The molecule has 0 bridgehead atoms. The third-order valence-electron chi connectivity index (χ3n) is 3.52. The molecule has 1 amide bonds. The van der Waals surface area contributed by atoms with Gasteiger partial charge in [-0.25, -0.2) is 4.79 Å². The standard InChI is InChI=1S/C19H14ClNO4/c1-12-15(10-11-24-12)19(23)25-14-8-6-13(7-9-14)21-18(22)16-4-2-3-5-17(16)20/h2-11H,1H3,(H,21,22). The van der Waals surface area contributed by atoms with Gasteiger partial charge in [-0.1, -0.05) is 23.7 Å². The minimum atomic E-state index is -0.501. The first-order valence-electron chi connectivity index (χ1n) is 7.47.